The molecule has 0 unspecified atom stereocenters. The van der Waals surface area contributed by atoms with Gasteiger partial charge in [0, 0.05) is 12.4 Å². The Kier molecular flexibility index (Phi) is 5.01. The second-order valence-corrected chi connectivity index (χ2v) is 16.2. The summed E-state index contributed by atoms with van der Waals surface area (Å²) in [6.07, 6.45) is 7.15. The highest BCUT2D eigenvalue weighted by molar-refractivity contribution is 7.03. The molecule has 1 saturated heterocycles. The van der Waals surface area contributed by atoms with Gasteiger partial charge in [0.2, 0.25) is 0 Å². The van der Waals surface area contributed by atoms with Crippen molar-refractivity contribution in [2.75, 3.05) is 4.23 Å². The third-order valence-electron chi connectivity index (χ3n) is 5.64. The largest absolute Gasteiger partial charge is 0.407 e. The summed E-state index contributed by atoms with van der Waals surface area (Å²) in [5.41, 5.74) is 0. The van der Waals surface area contributed by atoms with Gasteiger partial charge in [0.25, 0.3) is 0 Å². The van der Waals surface area contributed by atoms with Crippen molar-refractivity contribution in [1.29, 1.82) is 0 Å². The Morgan fingerprint density at radius 1 is 0.950 bits per heavy atom. The molecule has 1 aromatic heterocycles. The van der Waals surface area contributed by atoms with Crippen molar-refractivity contribution in [3.63, 3.8) is 0 Å². The van der Waals surface area contributed by atoms with Crippen LogP contribution in [-0.4, -0.2) is 26.4 Å². The molecule has 1 aliphatic rings. The van der Waals surface area contributed by atoms with Crippen molar-refractivity contribution in [2.45, 2.75) is 70.4 Å². The van der Waals surface area contributed by atoms with E-state index in [0.717, 1.165) is 0 Å². The van der Waals surface area contributed by atoms with Gasteiger partial charge in [0.05, 0.1) is 6.20 Å². The van der Waals surface area contributed by atoms with Gasteiger partial charge >= 0.3 is 0 Å². The molecule has 2 heterocycles. The first-order chi connectivity index (χ1) is 9.68. The number of aromatic nitrogens is 2. The standard InChI is InChI=1S/C15H29N3Si2/c1-5-19(6-2)12-9-13-20(7-3,8-4)18(19)15-14-16-10-11-17-15/h10-11,14H,5-9,12-13H2,1-4H3. The molecule has 0 amide bonds. The lowest BCUT2D eigenvalue weighted by molar-refractivity contribution is 0.893. The topological polar surface area (TPSA) is 29.0 Å². The lowest BCUT2D eigenvalue weighted by Crippen LogP contribution is -2.69. The lowest BCUT2D eigenvalue weighted by atomic mass is 10.6. The second-order valence-electron chi connectivity index (χ2n) is 6.12. The lowest BCUT2D eigenvalue weighted by Gasteiger charge is -2.56. The quantitative estimate of drug-likeness (QED) is 0.741. The molecule has 0 spiro atoms. The van der Waals surface area contributed by atoms with Crippen molar-refractivity contribution >= 4 is 22.3 Å². The van der Waals surface area contributed by atoms with Crippen LogP contribution in [0.1, 0.15) is 34.1 Å². The molecule has 0 aromatic carbocycles. The van der Waals surface area contributed by atoms with Crippen molar-refractivity contribution in [3.05, 3.63) is 18.6 Å². The zero-order chi connectivity index (χ0) is 14.6. The van der Waals surface area contributed by atoms with Crippen molar-refractivity contribution in [1.82, 2.24) is 9.97 Å². The maximum atomic E-state index is 4.72. The van der Waals surface area contributed by atoms with E-state index < -0.39 is 16.5 Å². The zero-order valence-electron chi connectivity index (χ0n) is 13.5. The normalized spacial score (nSPS) is 20.9. The fourth-order valence-corrected chi connectivity index (χ4v) is 18.2. The van der Waals surface area contributed by atoms with Gasteiger partial charge in [-0.1, -0.05) is 34.1 Å². The molecule has 5 heteroatoms. The SMILES string of the molecule is CC[Si]1(CC)CCC[Si](CC)(CC)N1c1cnccn1. The average molecular weight is 308 g/mol. The van der Waals surface area contributed by atoms with Crippen molar-refractivity contribution < 1.29 is 0 Å². The summed E-state index contributed by atoms with van der Waals surface area (Å²) in [5.74, 6) is 1.19. The molecule has 0 radical (unpaired) electrons. The van der Waals surface area contributed by atoms with E-state index in [1.54, 1.807) is 6.20 Å². The van der Waals surface area contributed by atoms with Crippen LogP contribution in [0.2, 0.25) is 36.3 Å². The van der Waals surface area contributed by atoms with E-state index in [2.05, 4.69) is 36.9 Å². The van der Waals surface area contributed by atoms with E-state index in [0.29, 0.717) is 0 Å². The molecule has 1 aliphatic heterocycles. The molecule has 112 valence electrons. The molecule has 0 atom stereocenters. The van der Waals surface area contributed by atoms with Gasteiger partial charge in [-0.2, -0.15) is 0 Å². The summed E-state index contributed by atoms with van der Waals surface area (Å²) >= 11 is 0. The first kappa shape index (κ1) is 15.7. The van der Waals surface area contributed by atoms with Crippen LogP contribution in [0.25, 0.3) is 0 Å². The highest BCUT2D eigenvalue weighted by atomic mass is 28.4. The smallest absolute Gasteiger partial charge is 0.148 e. The highest BCUT2D eigenvalue weighted by Crippen LogP contribution is 2.44. The Bertz CT molecular complexity index is 396. The van der Waals surface area contributed by atoms with Gasteiger partial charge in [0.1, 0.15) is 22.3 Å². The predicted octanol–water partition coefficient (Wildman–Crippen LogP) is 4.66. The average Bonchev–Trinajstić information content (AvgIpc) is 2.54. The molecule has 3 nitrogen and oxygen atoms in total. The Morgan fingerprint density at radius 2 is 1.50 bits per heavy atom. The minimum atomic E-state index is -1.39. The van der Waals surface area contributed by atoms with Crippen LogP contribution < -0.4 is 4.23 Å². The fraction of sp³-hybridized carbons (Fsp3) is 0.733. The third kappa shape index (κ3) is 2.46. The van der Waals surface area contributed by atoms with Crippen LogP contribution in [0.3, 0.4) is 0 Å². The van der Waals surface area contributed by atoms with Crippen LogP contribution in [0, 0.1) is 0 Å². The monoisotopic (exact) mass is 307 g/mol. The minimum absolute atomic E-state index is 1.19. The Hall–Kier alpha value is -0.686. The fourth-order valence-electron chi connectivity index (χ4n) is 4.21. The number of hydrogen-bond acceptors (Lipinski definition) is 3. The zero-order valence-corrected chi connectivity index (χ0v) is 15.5. The number of rotatable bonds is 5. The highest BCUT2D eigenvalue weighted by Gasteiger charge is 2.51. The summed E-state index contributed by atoms with van der Waals surface area (Å²) in [6, 6.07) is 8.32. The summed E-state index contributed by atoms with van der Waals surface area (Å²) in [6.45, 7) is 9.65. The van der Waals surface area contributed by atoms with E-state index in [9.17, 15) is 0 Å². The molecule has 0 saturated carbocycles. The summed E-state index contributed by atoms with van der Waals surface area (Å²) in [7, 11) is -2.77. The third-order valence-corrected chi connectivity index (χ3v) is 18.7. The van der Waals surface area contributed by atoms with E-state index in [-0.39, 0.29) is 0 Å². The Morgan fingerprint density at radius 3 is 1.90 bits per heavy atom. The molecule has 1 fully saturated rings. The van der Waals surface area contributed by atoms with Crippen LogP contribution >= 0.6 is 0 Å². The van der Waals surface area contributed by atoms with E-state index >= 15 is 0 Å². The van der Waals surface area contributed by atoms with Crippen LogP contribution in [-0.2, 0) is 0 Å². The Labute approximate surface area is 126 Å². The van der Waals surface area contributed by atoms with Gasteiger partial charge in [0.15, 0.2) is 0 Å². The molecule has 0 N–H and O–H groups in total. The summed E-state index contributed by atoms with van der Waals surface area (Å²) in [5, 5.41) is 0. The first-order valence-electron chi connectivity index (χ1n) is 8.24. The van der Waals surface area contributed by atoms with Gasteiger partial charge < -0.3 is 4.23 Å². The van der Waals surface area contributed by atoms with E-state index in [1.165, 1.54) is 48.5 Å². The molecule has 2 rings (SSSR count). The van der Waals surface area contributed by atoms with Gasteiger partial charge in [-0.3, -0.25) is 4.98 Å². The maximum absolute atomic E-state index is 4.72. The van der Waals surface area contributed by atoms with Gasteiger partial charge in [-0.05, 0) is 36.3 Å². The van der Waals surface area contributed by atoms with Crippen LogP contribution in [0.5, 0.6) is 0 Å². The van der Waals surface area contributed by atoms with Crippen molar-refractivity contribution in [2.24, 2.45) is 0 Å². The Balaban J connectivity index is 2.54. The number of anilines is 1. The second kappa shape index (κ2) is 6.39. The van der Waals surface area contributed by atoms with Gasteiger partial charge in [-0.25, -0.2) is 4.98 Å². The molecule has 1 aromatic rings. The van der Waals surface area contributed by atoms with Crippen LogP contribution in [0.15, 0.2) is 18.6 Å². The van der Waals surface area contributed by atoms with Gasteiger partial charge in [-0.15, -0.1) is 0 Å². The summed E-state index contributed by atoms with van der Waals surface area (Å²) in [4.78, 5) is 9.09. The molecular weight excluding hydrogens is 278 g/mol. The maximum Gasteiger partial charge on any atom is 0.148 e. The predicted molar refractivity (Wildman–Crippen MR) is 92.2 cm³/mol. The van der Waals surface area contributed by atoms with E-state index in [1.807, 2.05) is 12.4 Å². The first-order valence-corrected chi connectivity index (χ1v) is 13.4. The molecule has 0 aliphatic carbocycles. The van der Waals surface area contributed by atoms with Crippen LogP contribution in [0.4, 0.5) is 5.82 Å². The molecule has 0 bridgehead atoms. The summed E-state index contributed by atoms with van der Waals surface area (Å²) < 4.78 is 2.93. The molecule has 20 heavy (non-hydrogen) atoms. The molecular formula is C15H29N3Si2. The van der Waals surface area contributed by atoms with Crippen molar-refractivity contribution in [3.8, 4) is 0 Å². The number of hydrogen-bond donors (Lipinski definition) is 0. The number of nitrogens with zero attached hydrogens (tertiary/aromatic N) is 3. The van der Waals surface area contributed by atoms with E-state index in [4.69, 9.17) is 4.98 Å². The minimum Gasteiger partial charge on any atom is -0.407 e.